The van der Waals surface area contributed by atoms with Crippen molar-refractivity contribution in [1.82, 2.24) is 15.2 Å². The number of rotatable bonds is 6. The van der Waals surface area contributed by atoms with Crippen LogP contribution >= 0.6 is 15.9 Å². The van der Waals surface area contributed by atoms with Gasteiger partial charge in [-0.05, 0) is 12.1 Å². The Morgan fingerprint density at radius 3 is 3.13 bits per heavy atom. The van der Waals surface area contributed by atoms with Gasteiger partial charge in [0.2, 0.25) is 0 Å². The minimum atomic E-state index is -0.0885. The third-order valence-corrected chi connectivity index (χ3v) is 4.24. The first-order valence-electron chi connectivity index (χ1n) is 7.52. The summed E-state index contributed by atoms with van der Waals surface area (Å²) in [4.78, 5) is 16.9. The minimum Gasteiger partial charge on any atom is -0.383 e. The first kappa shape index (κ1) is 16.0. The highest BCUT2D eigenvalue weighted by Gasteiger charge is 2.16. The Morgan fingerprint density at radius 2 is 2.39 bits per heavy atom. The molecule has 1 amide bonds. The molecule has 1 aromatic carbocycles. The van der Waals surface area contributed by atoms with Crippen molar-refractivity contribution >= 4 is 38.6 Å². The third-order valence-electron chi connectivity index (χ3n) is 3.74. The van der Waals surface area contributed by atoms with Crippen molar-refractivity contribution in [2.24, 2.45) is 4.99 Å². The number of nitrogens with one attached hydrogen (secondary N) is 2. The number of ether oxygens (including phenoxy) is 1. The van der Waals surface area contributed by atoms with Crippen molar-refractivity contribution in [3.8, 4) is 0 Å². The molecule has 0 radical (unpaired) electrons. The summed E-state index contributed by atoms with van der Waals surface area (Å²) >= 11 is 3.50. The van der Waals surface area contributed by atoms with E-state index in [4.69, 9.17) is 4.74 Å². The fourth-order valence-electron chi connectivity index (χ4n) is 2.65. The van der Waals surface area contributed by atoms with Gasteiger partial charge in [-0.1, -0.05) is 22.0 Å². The summed E-state index contributed by atoms with van der Waals surface area (Å²) in [7, 11) is 1.62. The monoisotopic (exact) mass is 378 g/mol. The summed E-state index contributed by atoms with van der Waals surface area (Å²) in [6, 6.07) is 5.94. The van der Waals surface area contributed by atoms with E-state index in [1.165, 1.54) is 0 Å². The molecule has 0 saturated carbocycles. The molecular weight excluding hydrogens is 360 g/mol. The zero-order valence-electron chi connectivity index (χ0n) is 12.9. The van der Waals surface area contributed by atoms with Gasteiger partial charge in [-0.15, -0.1) is 0 Å². The summed E-state index contributed by atoms with van der Waals surface area (Å²) in [6.07, 6.45) is 1.89. The summed E-state index contributed by atoms with van der Waals surface area (Å²) in [5, 5.41) is 7.08. The standard InChI is InChI=1S/C16H19BrN4O2/c1-23-7-6-20-16(22)13-9-21(10-15-18-4-5-19-15)14-8-11(17)2-3-12(13)14/h2-3,8-9H,4-7,10H2,1H3,(H,18,19)(H,20,22). The van der Waals surface area contributed by atoms with Crippen molar-refractivity contribution < 1.29 is 9.53 Å². The van der Waals surface area contributed by atoms with Crippen LogP contribution in [0.3, 0.4) is 0 Å². The van der Waals surface area contributed by atoms with Gasteiger partial charge in [-0.25, -0.2) is 0 Å². The lowest BCUT2D eigenvalue weighted by molar-refractivity contribution is 0.0938. The molecule has 1 aliphatic heterocycles. The predicted octanol–water partition coefficient (Wildman–Crippen LogP) is 1.78. The minimum absolute atomic E-state index is 0.0885. The number of hydrogen-bond acceptors (Lipinski definition) is 4. The predicted molar refractivity (Wildman–Crippen MR) is 94.2 cm³/mol. The van der Waals surface area contributed by atoms with E-state index in [1.807, 2.05) is 24.4 Å². The number of fused-ring (bicyclic) bond motifs is 1. The van der Waals surface area contributed by atoms with Crippen LogP contribution in [0.4, 0.5) is 0 Å². The SMILES string of the molecule is COCCNC(=O)c1cn(CC2=NCCN2)c2cc(Br)ccc12. The van der Waals surface area contributed by atoms with E-state index in [-0.39, 0.29) is 5.91 Å². The zero-order chi connectivity index (χ0) is 16.2. The number of aliphatic imine (C=N–C) groups is 1. The Morgan fingerprint density at radius 1 is 1.52 bits per heavy atom. The topological polar surface area (TPSA) is 67.6 Å². The van der Waals surface area contributed by atoms with Gasteiger partial charge in [0.1, 0.15) is 5.84 Å². The molecule has 6 nitrogen and oxygen atoms in total. The fraction of sp³-hybridized carbons (Fsp3) is 0.375. The van der Waals surface area contributed by atoms with E-state index in [0.717, 1.165) is 34.3 Å². The molecule has 1 aromatic heterocycles. The van der Waals surface area contributed by atoms with Gasteiger partial charge < -0.3 is 19.9 Å². The van der Waals surface area contributed by atoms with Gasteiger partial charge in [-0.3, -0.25) is 9.79 Å². The van der Waals surface area contributed by atoms with Crippen LogP contribution in [0.5, 0.6) is 0 Å². The average Bonchev–Trinajstić information content (AvgIpc) is 3.16. The highest BCUT2D eigenvalue weighted by molar-refractivity contribution is 9.10. The van der Waals surface area contributed by atoms with Crippen molar-refractivity contribution in [2.75, 3.05) is 33.4 Å². The lowest BCUT2D eigenvalue weighted by Crippen LogP contribution is -2.27. The molecule has 0 spiro atoms. The molecule has 2 heterocycles. The molecule has 0 unspecified atom stereocenters. The van der Waals surface area contributed by atoms with Crippen LogP contribution in [-0.2, 0) is 11.3 Å². The lowest BCUT2D eigenvalue weighted by atomic mass is 10.1. The lowest BCUT2D eigenvalue weighted by Gasteiger charge is -2.06. The number of halogens is 1. The molecule has 0 bridgehead atoms. The zero-order valence-corrected chi connectivity index (χ0v) is 14.5. The van der Waals surface area contributed by atoms with E-state index in [2.05, 4.69) is 36.1 Å². The Balaban J connectivity index is 1.93. The van der Waals surface area contributed by atoms with Gasteiger partial charge in [0, 0.05) is 36.3 Å². The number of nitrogens with zero attached hydrogens (tertiary/aromatic N) is 2. The summed E-state index contributed by atoms with van der Waals surface area (Å²) in [5.74, 6) is 0.864. The Labute approximate surface area is 143 Å². The number of hydrogen-bond donors (Lipinski definition) is 2. The second-order valence-electron chi connectivity index (χ2n) is 5.34. The Bertz CT molecular complexity index is 754. The molecule has 3 rings (SSSR count). The Kier molecular flexibility index (Phi) is 4.97. The molecule has 2 N–H and O–H groups in total. The van der Waals surface area contributed by atoms with Gasteiger partial charge in [0.05, 0.1) is 30.8 Å². The van der Waals surface area contributed by atoms with E-state index in [0.29, 0.717) is 25.3 Å². The largest absolute Gasteiger partial charge is 0.383 e. The number of carbonyl (C=O) groups is 1. The first-order valence-corrected chi connectivity index (χ1v) is 8.31. The highest BCUT2D eigenvalue weighted by atomic mass is 79.9. The van der Waals surface area contributed by atoms with Crippen molar-refractivity contribution in [2.45, 2.75) is 6.54 Å². The van der Waals surface area contributed by atoms with E-state index < -0.39 is 0 Å². The van der Waals surface area contributed by atoms with Gasteiger partial charge >= 0.3 is 0 Å². The van der Waals surface area contributed by atoms with Crippen molar-refractivity contribution in [3.05, 3.63) is 34.4 Å². The van der Waals surface area contributed by atoms with Crippen LogP contribution in [0.1, 0.15) is 10.4 Å². The summed E-state index contributed by atoms with van der Waals surface area (Å²) < 4.78 is 8.02. The van der Waals surface area contributed by atoms with E-state index in [9.17, 15) is 4.79 Å². The van der Waals surface area contributed by atoms with E-state index in [1.54, 1.807) is 7.11 Å². The van der Waals surface area contributed by atoms with Crippen molar-refractivity contribution in [1.29, 1.82) is 0 Å². The van der Waals surface area contributed by atoms with Crippen LogP contribution in [0.15, 0.2) is 33.9 Å². The Hall–Kier alpha value is -1.86. The van der Waals surface area contributed by atoms with Gasteiger partial charge in [0.25, 0.3) is 5.91 Å². The van der Waals surface area contributed by atoms with Crippen LogP contribution in [0.25, 0.3) is 10.9 Å². The number of benzene rings is 1. The van der Waals surface area contributed by atoms with Gasteiger partial charge in [-0.2, -0.15) is 0 Å². The number of amides is 1. The second-order valence-corrected chi connectivity index (χ2v) is 6.25. The number of methoxy groups -OCH3 is 1. The molecule has 0 saturated heterocycles. The quantitative estimate of drug-likeness (QED) is 0.752. The smallest absolute Gasteiger partial charge is 0.253 e. The maximum atomic E-state index is 12.4. The van der Waals surface area contributed by atoms with Crippen LogP contribution in [0.2, 0.25) is 0 Å². The average molecular weight is 379 g/mol. The van der Waals surface area contributed by atoms with E-state index >= 15 is 0 Å². The normalized spacial score (nSPS) is 13.9. The summed E-state index contributed by atoms with van der Waals surface area (Å²) in [5.41, 5.74) is 1.68. The molecule has 23 heavy (non-hydrogen) atoms. The molecule has 2 aromatic rings. The number of aromatic nitrogens is 1. The molecule has 7 heteroatoms. The summed E-state index contributed by atoms with van der Waals surface area (Å²) in [6.45, 7) is 3.31. The number of carbonyl (C=O) groups excluding carboxylic acids is 1. The molecule has 0 atom stereocenters. The molecule has 0 fully saturated rings. The van der Waals surface area contributed by atoms with Crippen molar-refractivity contribution in [3.63, 3.8) is 0 Å². The highest BCUT2D eigenvalue weighted by Crippen LogP contribution is 2.25. The molecular formula is C16H19BrN4O2. The van der Waals surface area contributed by atoms with Crippen LogP contribution in [0, 0.1) is 0 Å². The van der Waals surface area contributed by atoms with Crippen LogP contribution < -0.4 is 10.6 Å². The first-order chi connectivity index (χ1) is 11.2. The fourth-order valence-corrected chi connectivity index (χ4v) is 3.00. The number of amidine groups is 1. The molecule has 122 valence electrons. The molecule has 0 aliphatic carbocycles. The second kappa shape index (κ2) is 7.14. The molecule has 1 aliphatic rings. The van der Waals surface area contributed by atoms with Crippen LogP contribution in [-0.4, -0.2) is 49.7 Å². The maximum absolute atomic E-state index is 12.4. The third kappa shape index (κ3) is 3.56. The maximum Gasteiger partial charge on any atom is 0.253 e. The van der Waals surface area contributed by atoms with Gasteiger partial charge in [0.15, 0.2) is 0 Å².